The molecule has 0 spiro atoms. The number of carbonyl (C=O) groups excluding carboxylic acids is 1. The van der Waals surface area contributed by atoms with Crippen LogP contribution in [0.2, 0.25) is 0 Å². The molecule has 0 atom stereocenters. The molecule has 0 aliphatic carbocycles. The van der Waals surface area contributed by atoms with Crippen LogP contribution < -0.4 is 5.32 Å². The quantitative estimate of drug-likeness (QED) is 0.593. The molecule has 0 saturated carbocycles. The Morgan fingerprint density at radius 1 is 1.08 bits per heavy atom. The highest BCUT2D eigenvalue weighted by Gasteiger charge is 2.15. The molecule has 0 fully saturated rings. The van der Waals surface area contributed by atoms with Crippen LogP contribution >= 0.6 is 0 Å². The molecule has 24 heavy (non-hydrogen) atoms. The number of amides is 1. The number of furan rings is 1. The van der Waals surface area contributed by atoms with Gasteiger partial charge in [0.25, 0.3) is 5.91 Å². The topological polar surface area (TPSA) is 70.9 Å². The summed E-state index contributed by atoms with van der Waals surface area (Å²) < 4.78 is 18.3. The van der Waals surface area contributed by atoms with Crippen LogP contribution in [0.1, 0.15) is 10.4 Å². The number of para-hydroxylation sites is 1. The lowest BCUT2D eigenvalue weighted by Gasteiger charge is -2.05. The zero-order valence-corrected chi connectivity index (χ0v) is 12.4. The molecule has 0 aliphatic rings. The first-order chi connectivity index (χ1) is 11.7. The number of nitrogens with one attached hydrogen (secondary N) is 2. The number of hydrogen-bond donors (Lipinski definition) is 2. The summed E-state index contributed by atoms with van der Waals surface area (Å²) in [6, 6.07) is 14.4. The number of aromatic amines is 1. The Morgan fingerprint density at radius 2 is 1.92 bits per heavy atom. The zero-order valence-electron chi connectivity index (χ0n) is 12.4. The number of rotatable bonds is 3. The average Bonchev–Trinajstić information content (AvgIpc) is 3.25. The van der Waals surface area contributed by atoms with Crippen LogP contribution in [0.4, 0.5) is 10.1 Å². The number of aromatic nitrogens is 2. The molecular weight excluding hydrogens is 309 g/mol. The number of hydrogen-bond acceptors (Lipinski definition) is 3. The van der Waals surface area contributed by atoms with E-state index in [1.807, 2.05) is 6.07 Å². The number of imidazole rings is 1. The molecule has 0 saturated heterocycles. The Bertz CT molecular complexity index is 1000. The molecule has 2 heterocycles. The van der Waals surface area contributed by atoms with Gasteiger partial charge in [0.2, 0.25) is 0 Å². The van der Waals surface area contributed by atoms with E-state index in [9.17, 15) is 9.18 Å². The number of carbonyl (C=O) groups is 1. The molecule has 4 rings (SSSR count). The summed E-state index contributed by atoms with van der Waals surface area (Å²) in [6.45, 7) is 0. The Morgan fingerprint density at radius 3 is 2.67 bits per heavy atom. The first-order valence-corrected chi connectivity index (χ1v) is 7.30. The predicted octanol–water partition coefficient (Wildman–Crippen LogP) is 4.21. The van der Waals surface area contributed by atoms with E-state index in [2.05, 4.69) is 15.3 Å². The van der Waals surface area contributed by atoms with E-state index < -0.39 is 0 Å². The minimum absolute atomic E-state index is 0.315. The fourth-order valence-corrected chi connectivity index (χ4v) is 2.48. The van der Waals surface area contributed by atoms with Crippen molar-refractivity contribution in [1.29, 1.82) is 0 Å². The van der Waals surface area contributed by atoms with Gasteiger partial charge in [-0.25, -0.2) is 9.37 Å². The Kier molecular flexibility index (Phi) is 3.35. The second-order valence-corrected chi connectivity index (χ2v) is 5.23. The SMILES string of the molecule is O=C(Nc1ccc(F)cc1)c1cccc2[nH]c(-c3ccco3)nc12. The van der Waals surface area contributed by atoms with Crippen molar-refractivity contribution < 1.29 is 13.6 Å². The Balaban J connectivity index is 1.70. The van der Waals surface area contributed by atoms with E-state index in [1.165, 1.54) is 24.3 Å². The van der Waals surface area contributed by atoms with Crippen LogP contribution in [0, 0.1) is 5.82 Å². The van der Waals surface area contributed by atoms with Gasteiger partial charge in [-0.05, 0) is 48.5 Å². The zero-order chi connectivity index (χ0) is 16.5. The first-order valence-electron chi connectivity index (χ1n) is 7.30. The molecule has 118 valence electrons. The summed E-state index contributed by atoms with van der Waals surface area (Å²) >= 11 is 0. The predicted molar refractivity (Wildman–Crippen MR) is 88.1 cm³/mol. The molecule has 0 aliphatic heterocycles. The maximum Gasteiger partial charge on any atom is 0.257 e. The number of nitrogens with zero attached hydrogens (tertiary/aromatic N) is 1. The van der Waals surface area contributed by atoms with E-state index in [-0.39, 0.29) is 11.7 Å². The highest BCUT2D eigenvalue weighted by Crippen LogP contribution is 2.24. The fraction of sp³-hybridized carbons (Fsp3) is 0. The van der Waals surface area contributed by atoms with Gasteiger partial charge in [0.05, 0.1) is 17.3 Å². The van der Waals surface area contributed by atoms with Crippen molar-refractivity contribution in [3.8, 4) is 11.6 Å². The van der Waals surface area contributed by atoms with Crippen LogP contribution in [-0.2, 0) is 0 Å². The third kappa shape index (κ3) is 2.54. The molecule has 2 aromatic carbocycles. The van der Waals surface area contributed by atoms with Crippen molar-refractivity contribution in [3.63, 3.8) is 0 Å². The summed E-state index contributed by atoms with van der Waals surface area (Å²) in [7, 11) is 0. The van der Waals surface area contributed by atoms with Crippen molar-refractivity contribution in [2.24, 2.45) is 0 Å². The summed E-state index contributed by atoms with van der Waals surface area (Å²) in [4.78, 5) is 20.1. The van der Waals surface area contributed by atoms with Crippen LogP contribution in [0.25, 0.3) is 22.6 Å². The number of fused-ring (bicyclic) bond motifs is 1. The molecule has 1 amide bonds. The molecule has 0 unspecified atom stereocenters. The summed E-state index contributed by atoms with van der Waals surface area (Å²) in [5.41, 5.74) is 2.21. The van der Waals surface area contributed by atoms with Crippen LogP contribution in [0.15, 0.2) is 65.3 Å². The van der Waals surface area contributed by atoms with Crippen LogP contribution in [-0.4, -0.2) is 15.9 Å². The summed E-state index contributed by atoms with van der Waals surface area (Å²) in [5.74, 6) is 0.475. The Hall–Kier alpha value is -3.41. The molecule has 2 N–H and O–H groups in total. The molecular formula is C18H12FN3O2. The van der Waals surface area contributed by atoms with E-state index in [0.717, 1.165) is 5.52 Å². The molecule has 2 aromatic heterocycles. The highest BCUT2D eigenvalue weighted by atomic mass is 19.1. The smallest absolute Gasteiger partial charge is 0.257 e. The van der Waals surface area contributed by atoms with Gasteiger partial charge in [-0.3, -0.25) is 4.79 Å². The van der Waals surface area contributed by atoms with E-state index in [1.54, 1.807) is 30.5 Å². The molecule has 5 nitrogen and oxygen atoms in total. The van der Waals surface area contributed by atoms with Gasteiger partial charge < -0.3 is 14.7 Å². The second kappa shape index (κ2) is 5.66. The van der Waals surface area contributed by atoms with Gasteiger partial charge in [0.1, 0.15) is 11.3 Å². The van der Waals surface area contributed by atoms with Gasteiger partial charge in [0, 0.05) is 5.69 Å². The van der Waals surface area contributed by atoms with Gasteiger partial charge in [-0.15, -0.1) is 0 Å². The molecule has 6 heteroatoms. The first kappa shape index (κ1) is 14.2. The molecule has 4 aromatic rings. The fourth-order valence-electron chi connectivity index (χ4n) is 2.48. The number of halogens is 1. The third-order valence-corrected chi connectivity index (χ3v) is 3.61. The van der Waals surface area contributed by atoms with Gasteiger partial charge in [-0.2, -0.15) is 0 Å². The maximum atomic E-state index is 13.0. The normalized spacial score (nSPS) is 10.9. The van der Waals surface area contributed by atoms with E-state index >= 15 is 0 Å². The lowest BCUT2D eigenvalue weighted by Crippen LogP contribution is -2.12. The van der Waals surface area contributed by atoms with Gasteiger partial charge in [-0.1, -0.05) is 6.07 Å². The minimum Gasteiger partial charge on any atom is -0.461 e. The van der Waals surface area contributed by atoms with Crippen LogP contribution in [0.3, 0.4) is 0 Å². The lowest BCUT2D eigenvalue weighted by molar-refractivity contribution is 0.102. The maximum absolute atomic E-state index is 13.0. The Labute approximate surface area is 136 Å². The van der Waals surface area contributed by atoms with E-state index in [4.69, 9.17) is 4.42 Å². The standard InChI is InChI=1S/C18H12FN3O2/c19-11-6-8-12(9-7-11)20-18(23)13-3-1-4-14-16(13)22-17(21-14)15-5-2-10-24-15/h1-10H,(H,20,23)(H,21,22). The largest absolute Gasteiger partial charge is 0.461 e. The van der Waals surface area contributed by atoms with Gasteiger partial charge in [0.15, 0.2) is 11.6 Å². The monoisotopic (exact) mass is 321 g/mol. The van der Waals surface area contributed by atoms with Crippen molar-refractivity contribution >= 4 is 22.6 Å². The number of anilines is 1. The molecule has 0 bridgehead atoms. The number of H-pyrrole nitrogens is 1. The third-order valence-electron chi connectivity index (χ3n) is 3.61. The minimum atomic E-state index is -0.356. The van der Waals surface area contributed by atoms with Crippen molar-refractivity contribution in [3.05, 3.63) is 72.2 Å². The van der Waals surface area contributed by atoms with Crippen molar-refractivity contribution in [2.75, 3.05) is 5.32 Å². The van der Waals surface area contributed by atoms with Gasteiger partial charge >= 0.3 is 0 Å². The lowest BCUT2D eigenvalue weighted by atomic mass is 10.1. The summed E-state index contributed by atoms with van der Waals surface area (Å²) in [6.07, 6.45) is 1.56. The average molecular weight is 321 g/mol. The van der Waals surface area contributed by atoms with Crippen molar-refractivity contribution in [1.82, 2.24) is 9.97 Å². The molecule has 0 radical (unpaired) electrons. The highest BCUT2D eigenvalue weighted by molar-refractivity contribution is 6.11. The summed E-state index contributed by atoms with van der Waals surface area (Å²) in [5, 5.41) is 2.74. The second-order valence-electron chi connectivity index (χ2n) is 5.23. The number of benzene rings is 2. The van der Waals surface area contributed by atoms with Crippen molar-refractivity contribution in [2.45, 2.75) is 0 Å². The van der Waals surface area contributed by atoms with Crippen LogP contribution in [0.5, 0.6) is 0 Å². The van der Waals surface area contributed by atoms with E-state index in [0.29, 0.717) is 28.4 Å².